The third-order valence-corrected chi connectivity index (χ3v) is 4.51. The van der Waals surface area contributed by atoms with Gasteiger partial charge in [0.25, 0.3) is 0 Å². The van der Waals surface area contributed by atoms with Crippen molar-refractivity contribution < 1.29 is 12.8 Å². The Labute approximate surface area is 118 Å². The van der Waals surface area contributed by atoms with Crippen LogP contribution in [0, 0.1) is 6.92 Å². The van der Waals surface area contributed by atoms with Crippen molar-refractivity contribution in [3.8, 4) is 0 Å². The average molecular weight is 292 g/mol. The molecular weight excluding hydrogens is 276 g/mol. The number of rotatable bonds is 4. The average Bonchev–Trinajstić information content (AvgIpc) is 2.82. The number of nitrogens with zero attached hydrogens (tertiary/aromatic N) is 2. The van der Waals surface area contributed by atoms with Crippen LogP contribution in [0.1, 0.15) is 11.5 Å². The van der Waals surface area contributed by atoms with Crippen LogP contribution in [0.15, 0.2) is 50.7 Å². The zero-order valence-corrected chi connectivity index (χ0v) is 12.4. The standard InChI is InChI=1S/C14H16N2O3S/c1-11-7-8-13(19-11)10-15-12-5-4-6-14(9-12)20(17,18)16(2)3/h4-10H,1-3H3. The Kier molecular flexibility index (Phi) is 4.06. The minimum atomic E-state index is -3.44. The molecule has 6 heteroatoms. The highest BCUT2D eigenvalue weighted by Crippen LogP contribution is 2.20. The fraction of sp³-hybridized carbons (Fsp3) is 0.214. The summed E-state index contributed by atoms with van der Waals surface area (Å²) in [5, 5.41) is 0. The van der Waals surface area contributed by atoms with Gasteiger partial charge in [0.15, 0.2) is 0 Å². The van der Waals surface area contributed by atoms with E-state index in [0.717, 1.165) is 5.76 Å². The molecule has 0 atom stereocenters. The van der Waals surface area contributed by atoms with E-state index in [1.807, 2.05) is 13.0 Å². The summed E-state index contributed by atoms with van der Waals surface area (Å²) in [6.45, 7) is 1.85. The van der Waals surface area contributed by atoms with Gasteiger partial charge in [-0.1, -0.05) is 6.07 Å². The third kappa shape index (κ3) is 3.15. The van der Waals surface area contributed by atoms with Crippen molar-refractivity contribution in [1.82, 2.24) is 4.31 Å². The Morgan fingerprint density at radius 3 is 2.55 bits per heavy atom. The summed E-state index contributed by atoms with van der Waals surface area (Å²) in [6.07, 6.45) is 1.56. The molecule has 0 bridgehead atoms. The maximum Gasteiger partial charge on any atom is 0.242 e. The van der Waals surface area contributed by atoms with Crippen LogP contribution in [-0.2, 0) is 10.0 Å². The van der Waals surface area contributed by atoms with Gasteiger partial charge >= 0.3 is 0 Å². The van der Waals surface area contributed by atoms with E-state index in [2.05, 4.69) is 4.99 Å². The number of aryl methyl sites for hydroxylation is 1. The third-order valence-electron chi connectivity index (χ3n) is 2.70. The molecule has 2 rings (SSSR count). The maximum absolute atomic E-state index is 12.0. The van der Waals surface area contributed by atoms with E-state index in [1.54, 1.807) is 30.5 Å². The summed E-state index contributed by atoms with van der Waals surface area (Å²) in [5.74, 6) is 1.43. The molecule has 0 amide bonds. The van der Waals surface area contributed by atoms with Crippen LogP contribution in [0.4, 0.5) is 5.69 Å². The molecule has 1 aromatic carbocycles. The molecule has 20 heavy (non-hydrogen) atoms. The van der Waals surface area contributed by atoms with Crippen LogP contribution in [-0.4, -0.2) is 33.0 Å². The number of furan rings is 1. The van der Waals surface area contributed by atoms with Crippen molar-refractivity contribution in [3.63, 3.8) is 0 Å². The summed E-state index contributed by atoms with van der Waals surface area (Å²) in [4.78, 5) is 4.44. The van der Waals surface area contributed by atoms with Crippen molar-refractivity contribution in [2.75, 3.05) is 14.1 Å². The zero-order valence-electron chi connectivity index (χ0n) is 11.6. The molecule has 0 saturated heterocycles. The first-order chi connectivity index (χ1) is 9.39. The van der Waals surface area contributed by atoms with Crippen molar-refractivity contribution in [1.29, 1.82) is 0 Å². The Morgan fingerprint density at radius 2 is 1.95 bits per heavy atom. The molecule has 0 fully saturated rings. The van der Waals surface area contributed by atoms with Crippen molar-refractivity contribution in [2.45, 2.75) is 11.8 Å². The normalized spacial score (nSPS) is 12.4. The van der Waals surface area contributed by atoms with Crippen LogP contribution in [0.5, 0.6) is 0 Å². The van der Waals surface area contributed by atoms with Crippen LogP contribution in [0.2, 0.25) is 0 Å². The lowest BCUT2D eigenvalue weighted by Gasteiger charge is -2.11. The molecule has 2 aromatic rings. The van der Waals surface area contributed by atoms with Gasteiger partial charge in [-0.15, -0.1) is 0 Å². The smallest absolute Gasteiger partial charge is 0.242 e. The highest BCUT2D eigenvalue weighted by atomic mass is 32.2. The molecule has 0 aliphatic carbocycles. The highest BCUT2D eigenvalue weighted by Gasteiger charge is 2.16. The molecule has 0 radical (unpaired) electrons. The summed E-state index contributed by atoms with van der Waals surface area (Å²) >= 11 is 0. The minimum absolute atomic E-state index is 0.216. The summed E-state index contributed by atoms with van der Waals surface area (Å²) in [7, 11) is -0.448. The van der Waals surface area contributed by atoms with E-state index in [1.165, 1.54) is 24.5 Å². The number of aliphatic imine (C=N–C) groups is 1. The topological polar surface area (TPSA) is 62.9 Å². The minimum Gasteiger partial charge on any atom is -0.460 e. The maximum atomic E-state index is 12.0. The molecule has 1 heterocycles. The lowest BCUT2D eigenvalue weighted by Crippen LogP contribution is -2.22. The van der Waals surface area contributed by atoms with Crippen molar-refractivity contribution in [2.24, 2.45) is 4.99 Å². The summed E-state index contributed by atoms with van der Waals surface area (Å²) in [6, 6.07) is 10.1. The Morgan fingerprint density at radius 1 is 1.20 bits per heavy atom. The lowest BCUT2D eigenvalue weighted by molar-refractivity contribution is 0.521. The van der Waals surface area contributed by atoms with Gasteiger partial charge in [0.2, 0.25) is 10.0 Å². The molecule has 0 aliphatic heterocycles. The van der Waals surface area contributed by atoms with Gasteiger partial charge in [-0.05, 0) is 37.3 Å². The quantitative estimate of drug-likeness (QED) is 0.814. The van der Waals surface area contributed by atoms with E-state index < -0.39 is 10.0 Å². The first kappa shape index (κ1) is 14.5. The predicted molar refractivity (Wildman–Crippen MR) is 78.0 cm³/mol. The fourth-order valence-corrected chi connectivity index (χ4v) is 2.54. The number of sulfonamides is 1. The molecule has 106 valence electrons. The Balaban J connectivity index is 2.29. The van der Waals surface area contributed by atoms with Crippen LogP contribution in [0.3, 0.4) is 0 Å². The molecule has 0 saturated carbocycles. The lowest BCUT2D eigenvalue weighted by atomic mass is 10.3. The van der Waals surface area contributed by atoms with Crippen LogP contribution >= 0.6 is 0 Å². The number of hydrogen-bond acceptors (Lipinski definition) is 4. The van der Waals surface area contributed by atoms with Gasteiger partial charge in [-0.25, -0.2) is 12.7 Å². The monoisotopic (exact) mass is 292 g/mol. The molecule has 0 spiro atoms. The molecule has 1 aromatic heterocycles. The van der Waals surface area contributed by atoms with Crippen molar-refractivity contribution >= 4 is 21.9 Å². The van der Waals surface area contributed by atoms with Gasteiger partial charge in [-0.2, -0.15) is 0 Å². The van der Waals surface area contributed by atoms with Crippen molar-refractivity contribution in [3.05, 3.63) is 47.9 Å². The molecule has 0 unspecified atom stereocenters. The Bertz CT molecular complexity index is 730. The molecule has 0 aliphatic rings. The van der Waals surface area contributed by atoms with Crippen LogP contribution in [0.25, 0.3) is 0 Å². The SMILES string of the molecule is Cc1ccc(C=Nc2cccc(S(=O)(=O)N(C)C)c2)o1. The molecular formula is C14H16N2O3S. The highest BCUT2D eigenvalue weighted by molar-refractivity contribution is 7.89. The number of hydrogen-bond donors (Lipinski definition) is 0. The van der Waals surface area contributed by atoms with E-state index in [-0.39, 0.29) is 4.90 Å². The zero-order chi connectivity index (χ0) is 14.8. The predicted octanol–water partition coefficient (Wildman–Crippen LogP) is 2.59. The van der Waals surface area contributed by atoms with E-state index >= 15 is 0 Å². The van der Waals surface area contributed by atoms with E-state index in [4.69, 9.17) is 4.42 Å². The molecule has 0 N–H and O–H groups in total. The van der Waals surface area contributed by atoms with Gasteiger partial charge in [0.05, 0.1) is 16.8 Å². The van der Waals surface area contributed by atoms with Gasteiger partial charge in [0, 0.05) is 14.1 Å². The van der Waals surface area contributed by atoms with Gasteiger partial charge in [0.1, 0.15) is 11.5 Å². The van der Waals surface area contributed by atoms with E-state index in [9.17, 15) is 8.42 Å². The van der Waals surface area contributed by atoms with E-state index in [0.29, 0.717) is 11.4 Å². The Hall–Kier alpha value is -1.92. The van der Waals surface area contributed by atoms with Gasteiger partial charge < -0.3 is 4.42 Å². The first-order valence-electron chi connectivity index (χ1n) is 6.03. The van der Waals surface area contributed by atoms with Crippen LogP contribution < -0.4 is 0 Å². The second-order valence-corrected chi connectivity index (χ2v) is 6.64. The van der Waals surface area contributed by atoms with Gasteiger partial charge in [-0.3, -0.25) is 4.99 Å². The first-order valence-corrected chi connectivity index (χ1v) is 7.47. The number of benzene rings is 1. The second kappa shape index (κ2) is 5.60. The fourth-order valence-electron chi connectivity index (χ4n) is 1.60. The molecule has 5 nitrogen and oxygen atoms in total. The second-order valence-electron chi connectivity index (χ2n) is 4.49. The summed E-state index contributed by atoms with van der Waals surface area (Å²) in [5.41, 5.74) is 0.557. The summed E-state index contributed by atoms with van der Waals surface area (Å²) < 4.78 is 30.6. The largest absolute Gasteiger partial charge is 0.460 e.